The number of benzene rings is 2. The lowest BCUT2D eigenvalue weighted by atomic mass is 10.0. The average molecular weight is 336 g/mol. The number of amides is 1. The number of nitrogens with zero attached hydrogens (tertiary/aromatic N) is 1. The Balaban J connectivity index is 1.67. The van der Waals surface area contributed by atoms with Gasteiger partial charge in [0.1, 0.15) is 11.5 Å². The second-order valence-corrected chi connectivity index (χ2v) is 6.55. The zero-order valence-electron chi connectivity index (χ0n) is 15.0. The molecule has 130 valence electrons. The predicted molar refractivity (Wildman–Crippen MR) is 101 cm³/mol. The highest BCUT2D eigenvalue weighted by Crippen LogP contribution is 2.21. The maximum Gasteiger partial charge on any atom is 0.224 e. The quantitative estimate of drug-likeness (QED) is 0.746. The van der Waals surface area contributed by atoms with Gasteiger partial charge in [0.05, 0.1) is 12.5 Å². The van der Waals surface area contributed by atoms with Crippen LogP contribution in [0.5, 0.6) is 0 Å². The van der Waals surface area contributed by atoms with Crippen molar-refractivity contribution in [1.82, 2.24) is 10.2 Å². The van der Waals surface area contributed by atoms with Crippen LogP contribution in [0.1, 0.15) is 23.1 Å². The van der Waals surface area contributed by atoms with Gasteiger partial charge in [-0.25, -0.2) is 0 Å². The number of hydrogen-bond donors (Lipinski definition) is 1. The molecule has 1 aromatic heterocycles. The van der Waals surface area contributed by atoms with Crippen LogP contribution in [0.3, 0.4) is 0 Å². The molecule has 0 spiro atoms. The first-order valence-electron chi connectivity index (χ1n) is 8.50. The summed E-state index contributed by atoms with van der Waals surface area (Å²) in [5.74, 6) is 1.77. The van der Waals surface area contributed by atoms with Crippen molar-refractivity contribution in [3.63, 3.8) is 0 Å². The summed E-state index contributed by atoms with van der Waals surface area (Å²) >= 11 is 0. The Morgan fingerprint density at radius 1 is 1.08 bits per heavy atom. The summed E-state index contributed by atoms with van der Waals surface area (Å²) in [6.07, 6.45) is 0.374. The Hall–Kier alpha value is -2.59. The Kier molecular flexibility index (Phi) is 5.19. The number of furan rings is 1. The van der Waals surface area contributed by atoms with Crippen molar-refractivity contribution in [1.29, 1.82) is 0 Å². The Morgan fingerprint density at radius 2 is 1.84 bits per heavy atom. The average Bonchev–Trinajstić information content (AvgIpc) is 3.01. The minimum atomic E-state index is 0.0187. The molecule has 1 heterocycles. The number of hydrogen-bond acceptors (Lipinski definition) is 3. The zero-order valence-corrected chi connectivity index (χ0v) is 15.0. The minimum absolute atomic E-state index is 0.0187. The highest BCUT2D eigenvalue weighted by molar-refractivity contribution is 5.90. The van der Waals surface area contributed by atoms with Crippen molar-refractivity contribution in [3.05, 3.63) is 71.7 Å². The second-order valence-electron chi connectivity index (χ2n) is 6.55. The lowest BCUT2D eigenvalue weighted by Gasteiger charge is -2.22. The summed E-state index contributed by atoms with van der Waals surface area (Å²) in [5, 5.41) is 5.33. The van der Waals surface area contributed by atoms with E-state index >= 15 is 0 Å². The third kappa shape index (κ3) is 4.09. The monoisotopic (exact) mass is 336 g/mol. The smallest absolute Gasteiger partial charge is 0.224 e. The molecule has 3 rings (SSSR count). The van der Waals surface area contributed by atoms with Crippen LogP contribution >= 0.6 is 0 Å². The van der Waals surface area contributed by atoms with E-state index in [2.05, 4.69) is 28.4 Å². The zero-order chi connectivity index (χ0) is 17.8. The molecule has 4 heteroatoms. The van der Waals surface area contributed by atoms with Crippen molar-refractivity contribution < 1.29 is 9.21 Å². The molecule has 0 bridgehead atoms. The van der Waals surface area contributed by atoms with Crippen LogP contribution in [0, 0.1) is 6.92 Å². The number of fused-ring (bicyclic) bond motifs is 1. The van der Waals surface area contributed by atoms with Crippen LogP contribution in [0.15, 0.2) is 59.0 Å². The van der Waals surface area contributed by atoms with E-state index in [1.807, 2.05) is 57.4 Å². The van der Waals surface area contributed by atoms with E-state index in [0.29, 0.717) is 13.0 Å². The van der Waals surface area contributed by atoms with E-state index in [4.69, 9.17) is 4.42 Å². The highest BCUT2D eigenvalue weighted by atomic mass is 16.3. The van der Waals surface area contributed by atoms with E-state index in [1.165, 1.54) is 0 Å². The van der Waals surface area contributed by atoms with Crippen molar-refractivity contribution >= 4 is 16.7 Å². The molecule has 1 amide bonds. The Labute approximate surface area is 148 Å². The molecule has 0 saturated heterocycles. The standard InChI is InChI=1S/C21H24N2O2/c1-15-11-12-20(25-15)19(23(2)3)14-22-21(24)13-17-9-6-8-16-7-4-5-10-18(16)17/h4-12,19H,13-14H2,1-3H3,(H,22,24). The molecule has 25 heavy (non-hydrogen) atoms. The second kappa shape index (κ2) is 7.53. The van der Waals surface area contributed by atoms with Gasteiger partial charge in [-0.3, -0.25) is 9.69 Å². The Morgan fingerprint density at radius 3 is 2.56 bits per heavy atom. The van der Waals surface area contributed by atoms with Gasteiger partial charge >= 0.3 is 0 Å². The van der Waals surface area contributed by atoms with Crippen LogP contribution < -0.4 is 5.32 Å². The van der Waals surface area contributed by atoms with E-state index in [9.17, 15) is 4.79 Å². The first-order chi connectivity index (χ1) is 12.0. The van der Waals surface area contributed by atoms with Gasteiger partial charge < -0.3 is 9.73 Å². The summed E-state index contributed by atoms with van der Waals surface area (Å²) < 4.78 is 5.72. The molecule has 1 unspecified atom stereocenters. The van der Waals surface area contributed by atoms with Gasteiger partial charge in [-0.1, -0.05) is 42.5 Å². The van der Waals surface area contributed by atoms with Crippen molar-refractivity contribution in [2.24, 2.45) is 0 Å². The third-order valence-corrected chi connectivity index (χ3v) is 4.44. The molecule has 1 atom stereocenters. The van der Waals surface area contributed by atoms with Gasteiger partial charge in [0.25, 0.3) is 0 Å². The maximum absolute atomic E-state index is 12.5. The fraction of sp³-hybridized carbons (Fsp3) is 0.286. The number of likely N-dealkylation sites (N-methyl/N-ethyl adjacent to an activating group) is 1. The molecule has 1 N–H and O–H groups in total. The normalized spacial score (nSPS) is 12.5. The fourth-order valence-electron chi connectivity index (χ4n) is 3.06. The van der Waals surface area contributed by atoms with Crippen molar-refractivity contribution in [3.8, 4) is 0 Å². The van der Waals surface area contributed by atoms with Crippen LogP contribution in [-0.2, 0) is 11.2 Å². The van der Waals surface area contributed by atoms with Crippen molar-refractivity contribution in [2.45, 2.75) is 19.4 Å². The van der Waals surface area contributed by atoms with E-state index in [-0.39, 0.29) is 11.9 Å². The van der Waals surface area contributed by atoms with E-state index in [1.54, 1.807) is 0 Å². The molecular formula is C21H24N2O2. The minimum Gasteiger partial charge on any atom is -0.465 e. The molecule has 4 nitrogen and oxygen atoms in total. The van der Waals surface area contributed by atoms with Gasteiger partial charge in [-0.05, 0) is 49.5 Å². The molecule has 0 saturated carbocycles. The summed E-state index contributed by atoms with van der Waals surface area (Å²) in [6.45, 7) is 2.44. The maximum atomic E-state index is 12.5. The van der Waals surface area contributed by atoms with Crippen LogP contribution in [0.2, 0.25) is 0 Å². The van der Waals surface area contributed by atoms with Gasteiger partial charge in [-0.2, -0.15) is 0 Å². The van der Waals surface area contributed by atoms with Gasteiger partial charge in [0.2, 0.25) is 5.91 Å². The summed E-state index contributed by atoms with van der Waals surface area (Å²) in [7, 11) is 3.97. The summed E-state index contributed by atoms with van der Waals surface area (Å²) in [5.41, 5.74) is 1.05. The number of rotatable bonds is 6. The van der Waals surface area contributed by atoms with E-state index < -0.39 is 0 Å². The molecule has 0 radical (unpaired) electrons. The summed E-state index contributed by atoms with van der Waals surface area (Å²) in [4.78, 5) is 14.5. The Bertz CT molecular complexity index is 862. The fourth-order valence-corrected chi connectivity index (χ4v) is 3.06. The largest absolute Gasteiger partial charge is 0.465 e. The highest BCUT2D eigenvalue weighted by Gasteiger charge is 2.18. The number of carbonyl (C=O) groups is 1. The number of nitrogens with one attached hydrogen (secondary N) is 1. The predicted octanol–water partition coefficient (Wildman–Crippen LogP) is 3.70. The lowest BCUT2D eigenvalue weighted by molar-refractivity contribution is -0.120. The van der Waals surface area contributed by atoms with Crippen LogP contribution in [0.4, 0.5) is 0 Å². The van der Waals surface area contributed by atoms with Crippen molar-refractivity contribution in [2.75, 3.05) is 20.6 Å². The lowest BCUT2D eigenvalue weighted by Crippen LogP contribution is -2.35. The van der Waals surface area contributed by atoms with E-state index in [0.717, 1.165) is 27.9 Å². The number of aryl methyl sites for hydroxylation is 1. The SMILES string of the molecule is Cc1ccc(C(CNC(=O)Cc2cccc3ccccc23)N(C)C)o1. The van der Waals surface area contributed by atoms with Gasteiger partial charge in [-0.15, -0.1) is 0 Å². The summed E-state index contributed by atoms with van der Waals surface area (Å²) in [6, 6.07) is 18.2. The number of carbonyl (C=O) groups excluding carboxylic acids is 1. The topological polar surface area (TPSA) is 45.5 Å². The molecular weight excluding hydrogens is 312 g/mol. The first kappa shape index (κ1) is 17.2. The molecule has 0 fully saturated rings. The van der Waals surface area contributed by atoms with Gasteiger partial charge in [0.15, 0.2) is 0 Å². The molecule has 0 aliphatic heterocycles. The van der Waals surface area contributed by atoms with Gasteiger partial charge in [0, 0.05) is 6.54 Å². The molecule has 0 aliphatic carbocycles. The third-order valence-electron chi connectivity index (χ3n) is 4.44. The molecule has 0 aliphatic rings. The first-order valence-corrected chi connectivity index (χ1v) is 8.50. The molecule has 2 aromatic carbocycles. The van der Waals surface area contributed by atoms with Crippen LogP contribution in [-0.4, -0.2) is 31.4 Å². The molecule has 3 aromatic rings. The van der Waals surface area contributed by atoms with Crippen LogP contribution in [0.25, 0.3) is 10.8 Å².